The van der Waals surface area contributed by atoms with Gasteiger partial charge in [-0.05, 0) is 35.9 Å². The van der Waals surface area contributed by atoms with Gasteiger partial charge in [-0.25, -0.2) is 13.1 Å². The number of hydrogen-bond donors (Lipinski definition) is 2. The SMILES string of the molecule is COc1ccc(C(=O)NCC(F)(F)F)cc1S(=O)(=O)NCc1ccc(Cl)cc1. The van der Waals surface area contributed by atoms with Crippen molar-refractivity contribution in [2.24, 2.45) is 0 Å². The number of carbonyl (C=O) groups is 1. The van der Waals surface area contributed by atoms with E-state index in [1.807, 2.05) is 0 Å². The molecule has 11 heteroatoms. The van der Waals surface area contributed by atoms with Crippen molar-refractivity contribution in [1.29, 1.82) is 0 Å². The molecule has 0 saturated heterocycles. The maximum atomic E-state index is 12.6. The van der Waals surface area contributed by atoms with E-state index >= 15 is 0 Å². The summed E-state index contributed by atoms with van der Waals surface area (Å²) in [5, 5.41) is 2.18. The highest BCUT2D eigenvalue weighted by atomic mass is 35.5. The summed E-state index contributed by atoms with van der Waals surface area (Å²) >= 11 is 5.77. The number of halogens is 4. The van der Waals surface area contributed by atoms with Crippen LogP contribution in [0.15, 0.2) is 47.4 Å². The molecule has 0 unspecified atom stereocenters. The standard InChI is InChI=1S/C17H16ClF3N2O4S/c1-27-14-7-4-12(16(24)22-10-17(19,20)21)8-15(14)28(25,26)23-9-11-2-5-13(18)6-3-11/h2-8,23H,9-10H2,1H3,(H,22,24). The molecule has 0 radical (unpaired) electrons. The molecule has 28 heavy (non-hydrogen) atoms. The van der Waals surface area contributed by atoms with Gasteiger partial charge < -0.3 is 10.1 Å². The number of carbonyl (C=O) groups excluding carboxylic acids is 1. The third-order valence-corrected chi connectivity index (χ3v) is 5.22. The normalized spacial score (nSPS) is 11.9. The average Bonchev–Trinajstić information content (AvgIpc) is 2.64. The maximum absolute atomic E-state index is 12.6. The molecule has 0 spiro atoms. The minimum atomic E-state index is -4.59. The third kappa shape index (κ3) is 6.11. The summed E-state index contributed by atoms with van der Waals surface area (Å²) in [5.41, 5.74) is 0.378. The van der Waals surface area contributed by atoms with Gasteiger partial charge in [0.25, 0.3) is 5.91 Å². The molecule has 0 aliphatic heterocycles. The molecule has 6 nitrogen and oxygen atoms in total. The molecule has 0 aliphatic rings. The van der Waals surface area contributed by atoms with Crippen LogP contribution in [0.25, 0.3) is 0 Å². The molecule has 0 bridgehead atoms. The maximum Gasteiger partial charge on any atom is 0.405 e. The lowest BCUT2D eigenvalue weighted by atomic mass is 10.2. The molecule has 0 fully saturated rings. The van der Waals surface area contributed by atoms with E-state index < -0.39 is 28.7 Å². The minimum absolute atomic E-state index is 0.0593. The molecule has 2 aromatic carbocycles. The van der Waals surface area contributed by atoms with Crippen LogP contribution in [0.3, 0.4) is 0 Å². The predicted octanol–water partition coefficient (Wildman–Crippen LogP) is 3.12. The largest absolute Gasteiger partial charge is 0.495 e. The fourth-order valence-corrected chi connectivity index (χ4v) is 3.51. The quantitative estimate of drug-likeness (QED) is 0.698. The lowest BCUT2D eigenvalue weighted by Crippen LogP contribution is -2.34. The second-order valence-electron chi connectivity index (χ2n) is 5.61. The smallest absolute Gasteiger partial charge is 0.405 e. The monoisotopic (exact) mass is 436 g/mol. The van der Waals surface area contributed by atoms with Gasteiger partial charge in [-0.1, -0.05) is 23.7 Å². The van der Waals surface area contributed by atoms with Gasteiger partial charge in [-0.2, -0.15) is 13.2 Å². The molecule has 152 valence electrons. The van der Waals surface area contributed by atoms with Crippen LogP contribution in [0.1, 0.15) is 15.9 Å². The number of methoxy groups -OCH3 is 1. The van der Waals surface area contributed by atoms with Crippen LogP contribution in [0.5, 0.6) is 5.75 Å². The van der Waals surface area contributed by atoms with Gasteiger partial charge in [0.15, 0.2) is 0 Å². The van der Waals surface area contributed by atoms with E-state index in [4.69, 9.17) is 16.3 Å². The summed E-state index contributed by atoms with van der Waals surface area (Å²) in [4.78, 5) is 11.5. The Balaban J connectivity index is 2.23. The van der Waals surface area contributed by atoms with E-state index in [-0.39, 0.29) is 22.8 Å². The van der Waals surface area contributed by atoms with Gasteiger partial charge in [0.1, 0.15) is 17.2 Å². The lowest BCUT2D eigenvalue weighted by molar-refractivity contribution is -0.123. The van der Waals surface area contributed by atoms with Gasteiger partial charge in [-0.15, -0.1) is 0 Å². The molecular formula is C17H16ClF3N2O4S. The van der Waals surface area contributed by atoms with E-state index in [0.29, 0.717) is 10.6 Å². The minimum Gasteiger partial charge on any atom is -0.495 e. The van der Waals surface area contributed by atoms with Crippen molar-refractivity contribution in [2.75, 3.05) is 13.7 Å². The Morgan fingerprint density at radius 2 is 1.79 bits per heavy atom. The van der Waals surface area contributed by atoms with Crippen molar-refractivity contribution >= 4 is 27.5 Å². The molecule has 0 atom stereocenters. The molecule has 0 heterocycles. The Kier molecular flexibility index (Phi) is 6.91. The second kappa shape index (κ2) is 8.80. The van der Waals surface area contributed by atoms with Gasteiger partial charge in [-0.3, -0.25) is 4.79 Å². The first-order valence-electron chi connectivity index (χ1n) is 7.79. The van der Waals surface area contributed by atoms with Crippen molar-refractivity contribution in [1.82, 2.24) is 10.0 Å². The van der Waals surface area contributed by atoms with Gasteiger partial charge >= 0.3 is 6.18 Å². The van der Waals surface area contributed by atoms with Crippen molar-refractivity contribution in [3.63, 3.8) is 0 Å². The third-order valence-electron chi connectivity index (χ3n) is 3.54. The summed E-state index contributed by atoms with van der Waals surface area (Å²) in [6, 6.07) is 9.76. The van der Waals surface area contributed by atoms with Crippen LogP contribution in [0, 0.1) is 0 Å². The highest BCUT2D eigenvalue weighted by Crippen LogP contribution is 2.25. The van der Waals surface area contributed by atoms with Crippen LogP contribution in [-0.4, -0.2) is 34.2 Å². The van der Waals surface area contributed by atoms with E-state index in [1.54, 1.807) is 29.6 Å². The highest BCUT2D eigenvalue weighted by molar-refractivity contribution is 7.89. The molecule has 2 rings (SSSR count). The number of rotatable bonds is 7. The number of sulfonamides is 1. The van der Waals surface area contributed by atoms with Crippen LogP contribution in [0.4, 0.5) is 13.2 Å². The molecule has 2 N–H and O–H groups in total. The first-order chi connectivity index (χ1) is 13.0. The summed E-state index contributed by atoms with van der Waals surface area (Å²) in [6.45, 7) is -1.60. The molecule has 2 aromatic rings. The van der Waals surface area contributed by atoms with Gasteiger partial charge in [0.05, 0.1) is 7.11 Å². The molecule has 0 aliphatic carbocycles. The molecular weight excluding hydrogens is 421 g/mol. The Hall–Kier alpha value is -2.30. The number of amides is 1. The predicted molar refractivity (Wildman–Crippen MR) is 96.9 cm³/mol. The molecule has 0 aromatic heterocycles. The van der Waals surface area contributed by atoms with Crippen LogP contribution < -0.4 is 14.8 Å². The zero-order valence-electron chi connectivity index (χ0n) is 14.5. The Morgan fingerprint density at radius 1 is 1.14 bits per heavy atom. The number of hydrogen-bond acceptors (Lipinski definition) is 4. The second-order valence-corrected chi connectivity index (χ2v) is 7.79. The summed E-state index contributed by atoms with van der Waals surface area (Å²) in [7, 11) is -2.89. The van der Waals surface area contributed by atoms with E-state index in [9.17, 15) is 26.4 Å². The molecule has 1 amide bonds. The number of benzene rings is 2. The summed E-state index contributed by atoms with van der Waals surface area (Å²) in [5.74, 6) is -1.12. The number of ether oxygens (including phenoxy) is 1. The Bertz CT molecular complexity index is 948. The van der Waals surface area contributed by atoms with Gasteiger partial charge in [0.2, 0.25) is 10.0 Å². The molecule has 0 saturated carbocycles. The van der Waals surface area contributed by atoms with Crippen LogP contribution >= 0.6 is 11.6 Å². The fraction of sp³-hybridized carbons (Fsp3) is 0.235. The van der Waals surface area contributed by atoms with Crippen molar-refractivity contribution < 1.29 is 31.1 Å². The Morgan fingerprint density at radius 3 is 2.36 bits per heavy atom. The fourth-order valence-electron chi connectivity index (χ4n) is 2.17. The van der Waals surface area contributed by atoms with Crippen molar-refractivity contribution in [3.8, 4) is 5.75 Å². The van der Waals surface area contributed by atoms with E-state index in [1.165, 1.54) is 19.2 Å². The zero-order chi connectivity index (χ0) is 20.9. The first kappa shape index (κ1) is 22.0. The van der Waals surface area contributed by atoms with Crippen molar-refractivity contribution in [2.45, 2.75) is 17.6 Å². The summed E-state index contributed by atoms with van der Waals surface area (Å²) < 4.78 is 69.3. The van der Waals surface area contributed by atoms with Crippen LogP contribution in [0.2, 0.25) is 5.02 Å². The summed E-state index contributed by atoms with van der Waals surface area (Å²) in [6.07, 6.45) is -4.59. The average molecular weight is 437 g/mol. The van der Waals surface area contributed by atoms with Crippen molar-refractivity contribution in [3.05, 3.63) is 58.6 Å². The first-order valence-corrected chi connectivity index (χ1v) is 9.65. The number of nitrogens with one attached hydrogen (secondary N) is 2. The van der Waals surface area contributed by atoms with Gasteiger partial charge in [0, 0.05) is 17.1 Å². The highest BCUT2D eigenvalue weighted by Gasteiger charge is 2.28. The lowest BCUT2D eigenvalue weighted by Gasteiger charge is -2.13. The van der Waals surface area contributed by atoms with E-state index in [2.05, 4.69) is 4.72 Å². The number of alkyl halides is 3. The topological polar surface area (TPSA) is 84.5 Å². The Labute approximate surface area is 164 Å². The van der Waals surface area contributed by atoms with E-state index in [0.717, 1.165) is 6.07 Å². The van der Waals surface area contributed by atoms with Crippen LogP contribution in [-0.2, 0) is 16.6 Å². The zero-order valence-corrected chi connectivity index (χ0v) is 16.1.